The molecule has 2 aromatic rings. The average molecular weight is 460 g/mol. The van der Waals surface area contributed by atoms with Gasteiger partial charge in [0.05, 0.1) is 19.9 Å². The first-order valence-corrected chi connectivity index (χ1v) is 11.6. The Morgan fingerprint density at radius 2 is 1.94 bits per heavy atom. The number of aromatic nitrogens is 1. The van der Waals surface area contributed by atoms with Gasteiger partial charge in [0.1, 0.15) is 11.6 Å². The maximum absolute atomic E-state index is 15.0. The molecule has 0 amide bonds. The van der Waals surface area contributed by atoms with Crippen molar-refractivity contribution in [3.63, 3.8) is 0 Å². The molecule has 2 unspecified atom stereocenters. The van der Waals surface area contributed by atoms with Crippen LogP contribution in [0.2, 0.25) is 0 Å². The summed E-state index contributed by atoms with van der Waals surface area (Å²) in [6, 6.07) is 8.89. The van der Waals surface area contributed by atoms with Gasteiger partial charge in [-0.1, -0.05) is 12.1 Å². The van der Waals surface area contributed by atoms with Gasteiger partial charge < -0.3 is 14.6 Å². The fourth-order valence-corrected chi connectivity index (χ4v) is 5.10. The summed E-state index contributed by atoms with van der Waals surface area (Å²) in [6.45, 7) is 1.68. The summed E-state index contributed by atoms with van der Waals surface area (Å²) in [5.41, 5.74) is -0.982. The highest BCUT2D eigenvalue weighted by Gasteiger charge is 2.50. The lowest BCUT2D eigenvalue weighted by Crippen LogP contribution is -2.38. The van der Waals surface area contributed by atoms with Gasteiger partial charge in [-0.2, -0.15) is 0 Å². The van der Waals surface area contributed by atoms with E-state index in [9.17, 15) is 14.3 Å². The molecule has 2 saturated carbocycles. The Morgan fingerprint density at radius 1 is 1.21 bits per heavy atom. The minimum atomic E-state index is -2.32. The third-order valence-corrected chi connectivity index (χ3v) is 7.15. The number of benzene rings is 1. The Balaban J connectivity index is 1.36. The Morgan fingerprint density at radius 3 is 2.58 bits per heavy atom. The van der Waals surface area contributed by atoms with Crippen LogP contribution >= 0.6 is 0 Å². The zero-order valence-corrected chi connectivity index (χ0v) is 19.1. The summed E-state index contributed by atoms with van der Waals surface area (Å²) in [6.07, 6.45) is 6.46. The number of aliphatic carboxylic acids is 1. The summed E-state index contributed by atoms with van der Waals surface area (Å²) in [5, 5.41) is 9.40. The zero-order valence-electron chi connectivity index (χ0n) is 19.1. The predicted molar refractivity (Wildman–Crippen MR) is 120 cm³/mol. The molecule has 0 bridgehead atoms. The molecule has 1 heterocycles. The molecule has 7 heteroatoms. The van der Waals surface area contributed by atoms with Crippen LogP contribution in [-0.4, -0.2) is 35.4 Å². The van der Waals surface area contributed by atoms with Crippen LogP contribution in [0.25, 0.3) is 0 Å². The van der Waals surface area contributed by atoms with Crippen molar-refractivity contribution in [1.29, 1.82) is 0 Å². The van der Waals surface area contributed by atoms with Crippen LogP contribution in [0.5, 0.6) is 11.6 Å². The summed E-state index contributed by atoms with van der Waals surface area (Å²) in [4.78, 5) is 15.4. The first kappa shape index (κ1) is 23.5. The molecule has 2 aliphatic rings. The summed E-state index contributed by atoms with van der Waals surface area (Å²) >= 11 is 0. The van der Waals surface area contributed by atoms with Gasteiger partial charge in [-0.25, -0.2) is 18.6 Å². The monoisotopic (exact) mass is 459 g/mol. The van der Waals surface area contributed by atoms with Crippen molar-refractivity contribution in [3.05, 3.63) is 53.5 Å². The van der Waals surface area contributed by atoms with Crippen LogP contribution in [0.15, 0.2) is 36.5 Å². The fraction of sp³-hybridized carbons (Fsp3) is 0.538. The quantitative estimate of drug-likeness (QED) is 0.507. The number of alkyl halides is 1. The molecule has 4 rings (SSSR count). The second kappa shape index (κ2) is 9.65. The predicted octanol–water partition coefficient (Wildman–Crippen LogP) is 5.89. The molecule has 0 radical (unpaired) electrons. The average Bonchev–Trinajstić information content (AvgIpc) is 3.63. The summed E-state index contributed by atoms with van der Waals surface area (Å²) < 4.78 is 40.5. The van der Waals surface area contributed by atoms with Gasteiger partial charge >= 0.3 is 5.97 Å². The molecule has 2 aliphatic carbocycles. The number of hydrogen-bond donors (Lipinski definition) is 1. The largest absolute Gasteiger partial charge is 0.493 e. The SMILES string of the molecule is COc1cc([C@H]2CC[C@H](COc3cccc(C(C4CC4)C(C)(F)C(=O)O)c3)CC2)c(F)cn1. The number of methoxy groups -OCH3 is 1. The van der Waals surface area contributed by atoms with Gasteiger partial charge in [-0.3, -0.25) is 0 Å². The third kappa shape index (κ3) is 5.28. The number of pyridine rings is 1. The molecule has 0 saturated heterocycles. The van der Waals surface area contributed by atoms with E-state index in [0.29, 0.717) is 35.3 Å². The molecule has 5 nitrogen and oxygen atoms in total. The number of halogens is 2. The van der Waals surface area contributed by atoms with E-state index in [0.717, 1.165) is 45.4 Å². The summed E-state index contributed by atoms with van der Waals surface area (Å²) in [5.74, 6) is -0.806. The lowest BCUT2D eigenvalue weighted by molar-refractivity contribution is -0.151. The van der Waals surface area contributed by atoms with Crippen molar-refractivity contribution >= 4 is 5.97 Å². The van der Waals surface area contributed by atoms with E-state index in [1.807, 2.05) is 6.07 Å². The maximum Gasteiger partial charge on any atom is 0.341 e. The highest BCUT2D eigenvalue weighted by Crippen LogP contribution is 2.50. The zero-order chi connectivity index (χ0) is 23.6. The lowest BCUT2D eigenvalue weighted by Gasteiger charge is -2.29. The van der Waals surface area contributed by atoms with Crippen LogP contribution < -0.4 is 9.47 Å². The minimum absolute atomic E-state index is 0.0498. The second-order valence-corrected chi connectivity index (χ2v) is 9.55. The molecule has 2 fully saturated rings. The van der Waals surface area contributed by atoms with E-state index < -0.39 is 17.6 Å². The molecular formula is C26H31F2NO4. The first-order chi connectivity index (χ1) is 15.8. The number of hydrogen-bond acceptors (Lipinski definition) is 4. The van der Waals surface area contributed by atoms with Crippen molar-refractivity contribution < 1.29 is 28.2 Å². The van der Waals surface area contributed by atoms with Gasteiger partial charge in [0.15, 0.2) is 0 Å². The minimum Gasteiger partial charge on any atom is -0.493 e. The molecule has 0 spiro atoms. The highest BCUT2D eigenvalue weighted by molar-refractivity contribution is 5.78. The van der Waals surface area contributed by atoms with Crippen molar-refractivity contribution in [2.45, 2.75) is 63.0 Å². The van der Waals surface area contributed by atoms with Crippen LogP contribution in [0.1, 0.15) is 68.4 Å². The van der Waals surface area contributed by atoms with Gasteiger partial charge in [-0.15, -0.1) is 0 Å². The van der Waals surface area contributed by atoms with Crippen LogP contribution in [-0.2, 0) is 4.79 Å². The Kier molecular flexibility index (Phi) is 6.86. The smallest absolute Gasteiger partial charge is 0.341 e. The molecule has 1 aromatic heterocycles. The normalized spacial score (nSPS) is 23.4. The maximum atomic E-state index is 15.0. The summed E-state index contributed by atoms with van der Waals surface area (Å²) in [7, 11) is 1.52. The fourth-order valence-electron chi connectivity index (χ4n) is 5.10. The number of carboxylic acids is 1. The van der Waals surface area contributed by atoms with E-state index in [1.54, 1.807) is 24.3 Å². The topological polar surface area (TPSA) is 68.7 Å². The van der Waals surface area contributed by atoms with E-state index in [1.165, 1.54) is 13.3 Å². The van der Waals surface area contributed by atoms with Crippen LogP contribution in [0.3, 0.4) is 0 Å². The Bertz CT molecular complexity index is 984. The molecule has 2 atom stereocenters. The van der Waals surface area contributed by atoms with Crippen LogP contribution in [0, 0.1) is 17.7 Å². The van der Waals surface area contributed by atoms with Crippen LogP contribution in [0.4, 0.5) is 8.78 Å². The molecular weight excluding hydrogens is 428 g/mol. The number of nitrogens with zero attached hydrogens (tertiary/aromatic N) is 1. The standard InChI is InChI=1S/C26H31F2NO4/c1-26(28,25(30)31)24(18-10-11-18)19-4-3-5-20(12-19)33-15-16-6-8-17(9-7-16)21-13-23(32-2)29-14-22(21)27/h3-5,12-14,16-18,24H,6-11,15H2,1-2H3,(H,30,31)/t16-,17-,24?,26?. The number of carboxylic acid groups (broad SMARTS) is 1. The van der Waals surface area contributed by atoms with Gasteiger partial charge in [0.25, 0.3) is 0 Å². The molecule has 1 N–H and O–H groups in total. The second-order valence-electron chi connectivity index (χ2n) is 9.55. The Hall–Kier alpha value is -2.70. The first-order valence-electron chi connectivity index (χ1n) is 11.6. The number of carbonyl (C=O) groups is 1. The van der Waals surface area contributed by atoms with Gasteiger partial charge in [0.2, 0.25) is 11.5 Å². The Labute approximate surface area is 193 Å². The van der Waals surface area contributed by atoms with Crippen molar-refractivity contribution in [3.8, 4) is 11.6 Å². The molecule has 33 heavy (non-hydrogen) atoms. The van der Waals surface area contributed by atoms with E-state index in [-0.39, 0.29) is 17.7 Å². The highest BCUT2D eigenvalue weighted by atomic mass is 19.1. The third-order valence-electron chi connectivity index (χ3n) is 7.15. The van der Waals surface area contributed by atoms with Gasteiger partial charge in [0, 0.05) is 12.0 Å². The van der Waals surface area contributed by atoms with Crippen molar-refractivity contribution in [2.24, 2.45) is 11.8 Å². The van der Waals surface area contributed by atoms with Crippen molar-refractivity contribution in [1.82, 2.24) is 4.98 Å². The molecule has 0 aliphatic heterocycles. The molecule has 178 valence electrons. The number of ether oxygens (including phenoxy) is 2. The van der Waals surface area contributed by atoms with E-state index in [4.69, 9.17) is 9.47 Å². The number of rotatable bonds is 9. The van der Waals surface area contributed by atoms with E-state index in [2.05, 4.69) is 4.98 Å². The molecule has 1 aromatic carbocycles. The lowest BCUT2D eigenvalue weighted by atomic mass is 9.79. The van der Waals surface area contributed by atoms with Gasteiger partial charge in [-0.05, 0) is 86.5 Å². The van der Waals surface area contributed by atoms with Crippen molar-refractivity contribution in [2.75, 3.05) is 13.7 Å². The van der Waals surface area contributed by atoms with E-state index >= 15 is 4.39 Å².